The highest BCUT2D eigenvalue weighted by molar-refractivity contribution is 7.19. The van der Waals surface area contributed by atoms with Gasteiger partial charge in [0.25, 0.3) is 0 Å². The van der Waals surface area contributed by atoms with Crippen LogP contribution in [0.4, 0.5) is 0 Å². The molecule has 0 fully saturated rings. The van der Waals surface area contributed by atoms with E-state index in [2.05, 4.69) is 31.0 Å². The second kappa shape index (κ2) is 6.75. The molecule has 0 aromatic carbocycles. The predicted octanol–water partition coefficient (Wildman–Crippen LogP) is 4.99. The third-order valence-electron chi connectivity index (χ3n) is 6.37. The monoisotopic (exact) mass is 432 g/mol. The molecule has 0 bridgehead atoms. The summed E-state index contributed by atoms with van der Waals surface area (Å²) in [6, 6.07) is 5.78. The standard InChI is InChI=1S/C23H24N6OS/c1-23(2,3)14-5-7-16-18(11-14)31-22-19(16)21-26-20(27-29(21)13-24-22)17-8-6-15(30-17)12-28-10-4-9-25-28/h4,6,8-10,13-14H,5,7,11-12H2,1-3H3. The van der Waals surface area contributed by atoms with Crippen LogP contribution < -0.4 is 0 Å². The first-order valence-corrected chi connectivity index (χ1v) is 11.5. The van der Waals surface area contributed by atoms with Gasteiger partial charge in [0.05, 0.1) is 11.9 Å². The summed E-state index contributed by atoms with van der Waals surface area (Å²) in [5, 5.41) is 10.1. The maximum atomic E-state index is 6.01. The molecule has 0 amide bonds. The van der Waals surface area contributed by atoms with Crippen molar-refractivity contribution in [2.75, 3.05) is 0 Å². The number of aromatic nitrogens is 6. The first-order valence-electron chi connectivity index (χ1n) is 10.7. The highest BCUT2D eigenvalue weighted by Gasteiger charge is 2.31. The average molecular weight is 433 g/mol. The molecule has 6 rings (SSSR count). The summed E-state index contributed by atoms with van der Waals surface area (Å²) in [6.07, 6.45) is 8.86. The zero-order valence-electron chi connectivity index (χ0n) is 17.9. The van der Waals surface area contributed by atoms with Crippen molar-refractivity contribution in [1.82, 2.24) is 29.4 Å². The van der Waals surface area contributed by atoms with Gasteiger partial charge >= 0.3 is 0 Å². The first kappa shape index (κ1) is 18.7. The van der Waals surface area contributed by atoms with E-state index in [9.17, 15) is 0 Å². The second-order valence-corrected chi connectivity index (χ2v) is 10.5. The maximum Gasteiger partial charge on any atom is 0.217 e. The molecule has 0 saturated heterocycles. The van der Waals surface area contributed by atoms with Gasteiger partial charge in [0, 0.05) is 17.3 Å². The van der Waals surface area contributed by atoms with Crippen LogP contribution in [0.1, 0.15) is 43.4 Å². The normalized spacial score (nSPS) is 16.9. The summed E-state index contributed by atoms with van der Waals surface area (Å²) in [7, 11) is 0. The van der Waals surface area contributed by atoms with E-state index in [0.29, 0.717) is 29.5 Å². The minimum absolute atomic E-state index is 0.325. The van der Waals surface area contributed by atoms with Crippen molar-refractivity contribution in [1.29, 1.82) is 0 Å². The first-order chi connectivity index (χ1) is 15.0. The van der Waals surface area contributed by atoms with E-state index in [4.69, 9.17) is 14.4 Å². The van der Waals surface area contributed by atoms with E-state index < -0.39 is 0 Å². The fraction of sp³-hybridized carbons (Fsp3) is 0.391. The van der Waals surface area contributed by atoms with Crippen molar-refractivity contribution in [3.63, 3.8) is 0 Å². The number of hydrogen-bond acceptors (Lipinski definition) is 6. The van der Waals surface area contributed by atoms with E-state index >= 15 is 0 Å². The van der Waals surface area contributed by atoms with Crippen molar-refractivity contribution in [2.45, 2.75) is 46.6 Å². The molecule has 0 spiro atoms. The molecular weight excluding hydrogens is 408 g/mol. The molecular formula is C23H24N6OS. The lowest BCUT2D eigenvalue weighted by atomic mass is 9.72. The van der Waals surface area contributed by atoms with Gasteiger partial charge < -0.3 is 4.42 Å². The van der Waals surface area contributed by atoms with Crippen molar-refractivity contribution in [3.05, 3.63) is 53.1 Å². The molecule has 5 aromatic heterocycles. The highest BCUT2D eigenvalue weighted by Crippen LogP contribution is 2.43. The number of thiophene rings is 1. The van der Waals surface area contributed by atoms with Crippen LogP contribution in [0.15, 0.2) is 41.3 Å². The highest BCUT2D eigenvalue weighted by atomic mass is 32.1. The second-order valence-electron chi connectivity index (χ2n) is 9.41. The quantitative estimate of drug-likeness (QED) is 0.401. The van der Waals surface area contributed by atoms with E-state index in [-0.39, 0.29) is 0 Å². The Bertz CT molecular complexity index is 1390. The van der Waals surface area contributed by atoms with E-state index in [1.807, 2.05) is 40.4 Å². The topological polar surface area (TPSA) is 74.0 Å². The molecule has 1 atom stereocenters. The lowest BCUT2D eigenvalue weighted by Gasteiger charge is -2.33. The largest absolute Gasteiger partial charge is 0.456 e. The third-order valence-corrected chi connectivity index (χ3v) is 7.53. The summed E-state index contributed by atoms with van der Waals surface area (Å²) in [6.45, 7) is 7.63. The number of hydrogen-bond donors (Lipinski definition) is 0. The van der Waals surface area contributed by atoms with Gasteiger partial charge in [0.1, 0.15) is 16.9 Å². The van der Waals surface area contributed by atoms with E-state index in [0.717, 1.165) is 34.5 Å². The van der Waals surface area contributed by atoms with Gasteiger partial charge in [-0.25, -0.2) is 14.5 Å². The number of rotatable bonds is 3. The molecule has 0 aliphatic heterocycles. The molecule has 1 aliphatic carbocycles. The fourth-order valence-corrected chi connectivity index (χ4v) is 5.82. The Balaban J connectivity index is 1.39. The van der Waals surface area contributed by atoms with Crippen LogP contribution in [0.3, 0.4) is 0 Å². The summed E-state index contributed by atoms with van der Waals surface area (Å²) in [5.41, 5.74) is 2.61. The van der Waals surface area contributed by atoms with Crippen LogP contribution in [0.2, 0.25) is 0 Å². The van der Waals surface area contributed by atoms with Crippen molar-refractivity contribution in [2.24, 2.45) is 11.3 Å². The van der Waals surface area contributed by atoms with Crippen molar-refractivity contribution < 1.29 is 4.42 Å². The summed E-state index contributed by atoms with van der Waals surface area (Å²) < 4.78 is 9.63. The molecule has 5 heterocycles. The molecule has 0 radical (unpaired) electrons. The Morgan fingerprint density at radius 2 is 2.16 bits per heavy atom. The maximum absolute atomic E-state index is 6.01. The number of fused-ring (bicyclic) bond motifs is 5. The van der Waals surface area contributed by atoms with Gasteiger partial charge in [-0.2, -0.15) is 5.10 Å². The molecule has 0 saturated carbocycles. The van der Waals surface area contributed by atoms with Gasteiger partial charge in [0.15, 0.2) is 11.4 Å². The average Bonchev–Trinajstić information content (AvgIpc) is 3.51. The van der Waals surface area contributed by atoms with Gasteiger partial charge in [-0.3, -0.25) is 4.68 Å². The molecule has 5 aromatic rings. The summed E-state index contributed by atoms with van der Waals surface area (Å²) in [4.78, 5) is 12.1. The predicted molar refractivity (Wildman–Crippen MR) is 120 cm³/mol. The Labute approximate surface area is 183 Å². The minimum atomic E-state index is 0.325. The van der Waals surface area contributed by atoms with Crippen LogP contribution in [0.5, 0.6) is 0 Å². The van der Waals surface area contributed by atoms with Gasteiger partial charge in [0.2, 0.25) is 5.82 Å². The minimum Gasteiger partial charge on any atom is -0.456 e. The molecule has 1 unspecified atom stereocenters. The SMILES string of the molecule is CC(C)(C)C1CCc2c(sc3ncn4nc(-c5ccc(Cn6cccn6)o5)nc4c23)C1. The fourth-order valence-electron chi connectivity index (χ4n) is 4.55. The molecule has 158 valence electrons. The number of aryl methyl sites for hydroxylation is 1. The molecule has 7 nitrogen and oxygen atoms in total. The molecule has 0 N–H and O–H groups in total. The van der Waals surface area contributed by atoms with Gasteiger partial charge in [-0.05, 0) is 54.4 Å². The Hall–Kier alpha value is -3.00. The van der Waals surface area contributed by atoms with Crippen LogP contribution in [-0.4, -0.2) is 29.4 Å². The Morgan fingerprint density at radius 1 is 1.26 bits per heavy atom. The Kier molecular flexibility index (Phi) is 4.08. The number of furan rings is 1. The lowest BCUT2D eigenvalue weighted by molar-refractivity contribution is 0.218. The Morgan fingerprint density at radius 3 is 2.97 bits per heavy atom. The van der Waals surface area contributed by atoms with Crippen LogP contribution in [0.25, 0.3) is 27.4 Å². The molecule has 31 heavy (non-hydrogen) atoms. The third kappa shape index (κ3) is 3.17. The lowest BCUT2D eigenvalue weighted by Crippen LogP contribution is -2.26. The van der Waals surface area contributed by atoms with Crippen LogP contribution in [0, 0.1) is 11.3 Å². The zero-order chi connectivity index (χ0) is 21.2. The van der Waals surface area contributed by atoms with Crippen molar-refractivity contribution >= 4 is 27.2 Å². The van der Waals surface area contributed by atoms with E-state index in [1.165, 1.54) is 16.9 Å². The van der Waals surface area contributed by atoms with Crippen LogP contribution in [-0.2, 0) is 19.4 Å². The van der Waals surface area contributed by atoms with Gasteiger partial charge in [-0.1, -0.05) is 20.8 Å². The number of nitrogens with zero attached hydrogens (tertiary/aromatic N) is 6. The smallest absolute Gasteiger partial charge is 0.217 e. The molecule has 1 aliphatic rings. The molecule has 8 heteroatoms. The van der Waals surface area contributed by atoms with Crippen LogP contribution >= 0.6 is 11.3 Å². The summed E-state index contributed by atoms with van der Waals surface area (Å²) >= 11 is 1.82. The summed E-state index contributed by atoms with van der Waals surface area (Å²) in [5.74, 6) is 2.77. The zero-order valence-corrected chi connectivity index (χ0v) is 18.7. The van der Waals surface area contributed by atoms with Gasteiger partial charge in [-0.15, -0.1) is 16.4 Å². The van der Waals surface area contributed by atoms with E-state index in [1.54, 1.807) is 17.0 Å². The van der Waals surface area contributed by atoms with Crippen molar-refractivity contribution in [3.8, 4) is 11.6 Å².